The first kappa shape index (κ1) is 22.4. The van der Waals surface area contributed by atoms with Crippen LogP contribution in [0.4, 0.5) is 5.69 Å². The molecule has 1 fully saturated rings. The number of carbonyl (C=O) groups is 1. The molecule has 33 heavy (non-hydrogen) atoms. The topological polar surface area (TPSA) is 86.3 Å². The Morgan fingerprint density at radius 2 is 1.64 bits per heavy atom. The van der Waals surface area contributed by atoms with E-state index in [-0.39, 0.29) is 5.78 Å². The fourth-order valence-corrected chi connectivity index (χ4v) is 5.06. The molecule has 0 bridgehead atoms. The van der Waals surface area contributed by atoms with Gasteiger partial charge in [-0.2, -0.15) is 10.5 Å². The number of ketones is 1. The molecule has 0 aromatic heterocycles. The Morgan fingerprint density at radius 1 is 1.03 bits per heavy atom. The maximum Gasteiger partial charge on any atom is 0.176 e. The predicted molar refractivity (Wildman–Crippen MR) is 126 cm³/mol. The highest BCUT2D eigenvalue weighted by Crippen LogP contribution is 2.56. The van der Waals surface area contributed by atoms with Crippen LogP contribution in [0.15, 0.2) is 48.5 Å². The minimum atomic E-state index is -1.49. The summed E-state index contributed by atoms with van der Waals surface area (Å²) in [6.45, 7) is 5.62. The van der Waals surface area contributed by atoms with E-state index in [1.165, 1.54) is 0 Å². The number of nitriles is 2. The highest BCUT2D eigenvalue weighted by Gasteiger charge is 2.64. The number of methoxy groups -OCH3 is 2. The summed E-state index contributed by atoms with van der Waals surface area (Å²) in [7, 11) is 3.10. The van der Waals surface area contributed by atoms with E-state index in [9.17, 15) is 15.3 Å². The number of carbonyl (C=O) groups excluding carboxylic acids is 1. The number of nitrogens with zero attached hydrogens (tertiary/aromatic N) is 3. The third-order valence-electron chi connectivity index (χ3n) is 6.66. The Morgan fingerprint density at radius 3 is 2.18 bits per heavy atom. The quantitative estimate of drug-likeness (QED) is 0.682. The van der Waals surface area contributed by atoms with Gasteiger partial charge in [-0.05, 0) is 29.3 Å². The van der Waals surface area contributed by atoms with Gasteiger partial charge in [-0.3, -0.25) is 4.79 Å². The summed E-state index contributed by atoms with van der Waals surface area (Å²) in [6, 6.07) is 16.5. The van der Waals surface area contributed by atoms with Crippen LogP contribution in [-0.4, -0.2) is 32.1 Å². The average molecular weight is 442 g/mol. The van der Waals surface area contributed by atoms with Crippen molar-refractivity contribution in [1.29, 1.82) is 10.5 Å². The van der Waals surface area contributed by atoms with Crippen molar-refractivity contribution in [2.75, 3.05) is 19.1 Å². The molecule has 0 unspecified atom stereocenters. The number of rotatable bonds is 4. The van der Waals surface area contributed by atoms with Crippen LogP contribution in [0.3, 0.4) is 0 Å². The molecule has 1 saturated heterocycles. The zero-order valence-electron chi connectivity index (χ0n) is 19.5. The van der Waals surface area contributed by atoms with Crippen LogP contribution >= 0.6 is 0 Å². The number of benzene rings is 2. The van der Waals surface area contributed by atoms with Gasteiger partial charge >= 0.3 is 0 Å². The van der Waals surface area contributed by atoms with Gasteiger partial charge in [-0.15, -0.1) is 0 Å². The first-order chi connectivity index (χ1) is 15.7. The highest BCUT2D eigenvalue weighted by atomic mass is 16.5. The predicted octanol–water partition coefficient (Wildman–Crippen LogP) is 4.72. The third kappa shape index (κ3) is 3.34. The summed E-state index contributed by atoms with van der Waals surface area (Å²) in [6.07, 6.45) is 3.82. The molecule has 4 rings (SSSR count). The second-order valence-electron chi connectivity index (χ2n) is 9.55. The number of hydrogen-bond donors (Lipinski definition) is 0. The maximum atomic E-state index is 14.0. The van der Waals surface area contributed by atoms with E-state index in [0.29, 0.717) is 17.1 Å². The van der Waals surface area contributed by atoms with E-state index in [4.69, 9.17) is 9.47 Å². The molecule has 168 valence electrons. The molecule has 0 N–H and O–H groups in total. The standard InChI is InChI=1S/C27H27N3O3/c1-26(2,3)25(31)24-23(18-12-19(32-4)14-20(13-18)33-5)27(15-28,16-29)22-11-10-17-8-6-7-9-21(17)30(22)24/h6-14,22-24H,1-5H3/t22-,23-,24+/m1/s1. The second-order valence-corrected chi connectivity index (χ2v) is 9.55. The largest absolute Gasteiger partial charge is 0.497 e. The van der Waals surface area contributed by atoms with Crippen LogP contribution in [0.5, 0.6) is 11.5 Å². The van der Waals surface area contributed by atoms with Gasteiger partial charge < -0.3 is 14.4 Å². The van der Waals surface area contributed by atoms with Crippen molar-refractivity contribution >= 4 is 17.5 Å². The Balaban J connectivity index is 2.05. The van der Waals surface area contributed by atoms with E-state index in [1.807, 2.05) is 62.1 Å². The smallest absolute Gasteiger partial charge is 0.176 e. The normalized spacial score (nSPS) is 22.5. The van der Waals surface area contributed by atoms with Gasteiger partial charge in [0.25, 0.3) is 0 Å². The lowest BCUT2D eigenvalue weighted by molar-refractivity contribution is -0.127. The zero-order valence-corrected chi connectivity index (χ0v) is 19.5. The number of fused-ring (bicyclic) bond motifs is 3. The van der Waals surface area contributed by atoms with Crippen molar-refractivity contribution in [2.24, 2.45) is 10.8 Å². The number of ether oxygens (including phenoxy) is 2. The molecule has 0 spiro atoms. The fourth-order valence-electron chi connectivity index (χ4n) is 5.06. The first-order valence-electron chi connectivity index (χ1n) is 10.9. The molecule has 2 aliphatic heterocycles. The summed E-state index contributed by atoms with van der Waals surface area (Å²) in [5.41, 5.74) is 0.284. The highest BCUT2D eigenvalue weighted by molar-refractivity contribution is 5.96. The molecular formula is C27H27N3O3. The van der Waals surface area contributed by atoms with E-state index < -0.39 is 28.8 Å². The first-order valence-corrected chi connectivity index (χ1v) is 10.9. The minimum absolute atomic E-state index is 0.0308. The van der Waals surface area contributed by atoms with Crippen molar-refractivity contribution in [3.8, 4) is 23.6 Å². The van der Waals surface area contributed by atoms with Gasteiger partial charge in [-0.25, -0.2) is 0 Å². The zero-order chi connectivity index (χ0) is 24.0. The maximum absolute atomic E-state index is 14.0. The molecule has 2 aromatic carbocycles. The fraction of sp³-hybridized carbons (Fsp3) is 0.370. The van der Waals surface area contributed by atoms with Crippen LogP contribution in [0.25, 0.3) is 6.08 Å². The van der Waals surface area contributed by atoms with Crippen molar-refractivity contribution in [1.82, 2.24) is 0 Å². The average Bonchev–Trinajstić information content (AvgIpc) is 3.13. The molecule has 6 nitrogen and oxygen atoms in total. The summed E-state index contributed by atoms with van der Waals surface area (Å²) in [4.78, 5) is 16.0. The van der Waals surface area contributed by atoms with Crippen molar-refractivity contribution in [3.05, 3.63) is 59.7 Å². The lowest BCUT2D eigenvalue weighted by Gasteiger charge is -2.37. The van der Waals surface area contributed by atoms with Gasteiger partial charge in [-0.1, -0.05) is 51.1 Å². The van der Waals surface area contributed by atoms with Gasteiger partial charge in [0, 0.05) is 23.1 Å². The van der Waals surface area contributed by atoms with Crippen LogP contribution in [0, 0.1) is 33.5 Å². The number of para-hydroxylation sites is 1. The van der Waals surface area contributed by atoms with Crippen molar-refractivity contribution < 1.29 is 14.3 Å². The van der Waals surface area contributed by atoms with Crippen LogP contribution < -0.4 is 14.4 Å². The Labute approximate surface area is 194 Å². The van der Waals surface area contributed by atoms with Crippen LogP contribution in [-0.2, 0) is 4.79 Å². The number of Topliss-reactive ketones (excluding diaryl/α,β-unsaturated/α-hetero) is 1. The van der Waals surface area contributed by atoms with Gasteiger partial charge in [0.05, 0.1) is 38.4 Å². The Kier molecular flexibility index (Phi) is 5.42. The van der Waals surface area contributed by atoms with E-state index in [0.717, 1.165) is 11.3 Å². The molecule has 0 saturated carbocycles. The number of hydrogen-bond acceptors (Lipinski definition) is 6. The van der Waals surface area contributed by atoms with E-state index in [2.05, 4.69) is 12.1 Å². The Hall–Kier alpha value is -3.77. The summed E-state index contributed by atoms with van der Waals surface area (Å²) < 4.78 is 10.9. The Bertz CT molecular complexity index is 1180. The molecule has 0 amide bonds. The van der Waals surface area contributed by atoms with Crippen LogP contribution in [0.1, 0.15) is 37.8 Å². The number of anilines is 1. The summed E-state index contributed by atoms with van der Waals surface area (Å²) >= 11 is 0. The van der Waals surface area contributed by atoms with Crippen molar-refractivity contribution in [3.63, 3.8) is 0 Å². The monoisotopic (exact) mass is 441 g/mol. The molecule has 6 heteroatoms. The second kappa shape index (κ2) is 7.98. The lowest BCUT2D eigenvalue weighted by Crippen LogP contribution is -2.47. The molecule has 3 atom stereocenters. The van der Waals surface area contributed by atoms with Gasteiger partial charge in [0.2, 0.25) is 0 Å². The lowest BCUT2D eigenvalue weighted by atomic mass is 9.67. The molecule has 0 radical (unpaired) electrons. The van der Waals surface area contributed by atoms with Crippen LogP contribution in [0.2, 0.25) is 0 Å². The SMILES string of the molecule is COc1cc(OC)cc([C@@H]2[C@@H](C(=O)C(C)(C)C)N3c4ccccc4C=C[C@@H]3C2(C#N)C#N)c1. The third-order valence-corrected chi connectivity index (χ3v) is 6.66. The molecule has 2 aliphatic rings. The van der Waals surface area contributed by atoms with Crippen molar-refractivity contribution in [2.45, 2.75) is 38.8 Å². The minimum Gasteiger partial charge on any atom is -0.497 e. The van der Waals surface area contributed by atoms with Gasteiger partial charge in [0.1, 0.15) is 11.5 Å². The van der Waals surface area contributed by atoms with E-state index in [1.54, 1.807) is 32.4 Å². The summed E-state index contributed by atoms with van der Waals surface area (Å²) in [5, 5.41) is 21.0. The van der Waals surface area contributed by atoms with Gasteiger partial charge in [0.15, 0.2) is 11.2 Å². The summed E-state index contributed by atoms with van der Waals surface area (Å²) in [5.74, 6) is 0.328. The molecular weight excluding hydrogens is 414 g/mol. The molecule has 2 aromatic rings. The molecule has 2 heterocycles. The van der Waals surface area contributed by atoms with E-state index >= 15 is 0 Å². The molecule has 0 aliphatic carbocycles.